The van der Waals surface area contributed by atoms with E-state index in [1.807, 2.05) is 4.57 Å². The number of carbonyl (C=O) groups is 1. The van der Waals surface area contributed by atoms with Gasteiger partial charge < -0.3 is 9.88 Å². The number of hydrogen-bond donors (Lipinski definition) is 1. The third kappa shape index (κ3) is 3.98. The van der Waals surface area contributed by atoms with Crippen LogP contribution in [0.2, 0.25) is 0 Å². The summed E-state index contributed by atoms with van der Waals surface area (Å²) in [5.41, 5.74) is 0.446. The zero-order valence-electron chi connectivity index (χ0n) is 12.5. The molecule has 3 rings (SSSR count). The van der Waals surface area contributed by atoms with Crippen molar-refractivity contribution < 1.29 is 9.18 Å². The first-order chi connectivity index (χ1) is 11.2. The maximum Gasteiger partial charge on any atom is 0.234 e. The van der Waals surface area contributed by atoms with Crippen molar-refractivity contribution in [3.05, 3.63) is 48.6 Å². The molecule has 1 fully saturated rings. The van der Waals surface area contributed by atoms with E-state index in [1.165, 1.54) is 23.9 Å². The average molecular weight is 332 g/mol. The highest BCUT2D eigenvalue weighted by Crippen LogP contribution is 2.40. The molecule has 1 amide bonds. The smallest absolute Gasteiger partial charge is 0.234 e. The molecule has 0 saturated heterocycles. The third-order valence-corrected chi connectivity index (χ3v) is 4.41. The van der Waals surface area contributed by atoms with Crippen molar-refractivity contribution >= 4 is 23.4 Å². The molecule has 0 aliphatic heterocycles. The highest BCUT2D eigenvalue weighted by molar-refractivity contribution is 7.99. The van der Waals surface area contributed by atoms with Crippen molar-refractivity contribution in [3.63, 3.8) is 0 Å². The maximum absolute atomic E-state index is 13.1. The summed E-state index contributed by atoms with van der Waals surface area (Å²) in [6.07, 6.45) is 4.08. The predicted molar refractivity (Wildman–Crippen MR) is 87.9 cm³/mol. The van der Waals surface area contributed by atoms with Crippen molar-refractivity contribution in [2.45, 2.75) is 30.5 Å². The van der Waals surface area contributed by atoms with E-state index in [4.69, 9.17) is 0 Å². The minimum atomic E-state index is -0.379. The second-order valence-corrected chi connectivity index (χ2v) is 6.30. The Balaban J connectivity index is 1.61. The Morgan fingerprint density at radius 3 is 3.00 bits per heavy atom. The number of nitrogens with zero attached hydrogens (tertiary/aromatic N) is 3. The molecule has 1 heterocycles. The highest BCUT2D eigenvalue weighted by atomic mass is 32.2. The van der Waals surface area contributed by atoms with Gasteiger partial charge in [-0.1, -0.05) is 23.9 Å². The van der Waals surface area contributed by atoms with Crippen LogP contribution >= 0.6 is 11.8 Å². The van der Waals surface area contributed by atoms with E-state index in [1.54, 1.807) is 18.2 Å². The van der Waals surface area contributed by atoms with E-state index in [0.29, 0.717) is 23.3 Å². The first-order valence-corrected chi connectivity index (χ1v) is 8.38. The average Bonchev–Trinajstić information content (AvgIpc) is 3.28. The molecule has 1 N–H and O–H groups in total. The molecular formula is C16H17FN4OS. The van der Waals surface area contributed by atoms with Crippen LogP contribution in [-0.4, -0.2) is 26.4 Å². The molecule has 1 aromatic carbocycles. The number of rotatable bonds is 7. The van der Waals surface area contributed by atoms with Crippen LogP contribution in [0.3, 0.4) is 0 Å². The molecule has 0 atom stereocenters. The molecule has 2 aromatic rings. The zero-order chi connectivity index (χ0) is 16.2. The Kier molecular flexibility index (Phi) is 4.76. The number of amides is 1. The lowest BCUT2D eigenvalue weighted by Crippen LogP contribution is -2.14. The van der Waals surface area contributed by atoms with E-state index in [2.05, 4.69) is 22.1 Å². The molecule has 0 radical (unpaired) electrons. The fourth-order valence-electron chi connectivity index (χ4n) is 2.24. The van der Waals surface area contributed by atoms with Gasteiger partial charge in [0.1, 0.15) is 11.6 Å². The minimum Gasteiger partial charge on any atom is -0.325 e. The van der Waals surface area contributed by atoms with Crippen LogP contribution in [0.25, 0.3) is 0 Å². The number of thioether (sulfide) groups is 1. The highest BCUT2D eigenvalue weighted by Gasteiger charge is 2.30. The second kappa shape index (κ2) is 6.95. The quantitative estimate of drug-likeness (QED) is 0.625. The van der Waals surface area contributed by atoms with Crippen LogP contribution in [0.4, 0.5) is 10.1 Å². The second-order valence-electron chi connectivity index (χ2n) is 5.36. The summed E-state index contributed by atoms with van der Waals surface area (Å²) in [4.78, 5) is 12.0. The molecule has 0 unspecified atom stereocenters. The molecule has 0 bridgehead atoms. The molecule has 1 aromatic heterocycles. The summed E-state index contributed by atoms with van der Waals surface area (Å²) in [5.74, 6) is 1.06. The van der Waals surface area contributed by atoms with Crippen molar-refractivity contribution in [3.8, 4) is 0 Å². The number of nitrogens with one attached hydrogen (secondary N) is 1. The van der Waals surface area contributed by atoms with Crippen molar-refractivity contribution in [2.75, 3.05) is 11.1 Å². The maximum atomic E-state index is 13.1. The molecule has 7 heteroatoms. The van der Waals surface area contributed by atoms with Gasteiger partial charge in [-0.15, -0.1) is 16.8 Å². The molecule has 23 heavy (non-hydrogen) atoms. The standard InChI is InChI=1S/C16H17FN4OS/c1-2-8-21-15(11-6-7-11)19-20-16(21)23-10-14(22)18-13-5-3-4-12(17)9-13/h2-5,9,11H,1,6-8,10H2,(H,18,22). The number of allylic oxidation sites excluding steroid dienone is 1. The third-order valence-electron chi connectivity index (χ3n) is 3.44. The van der Waals surface area contributed by atoms with Crippen LogP contribution in [0.15, 0.2) is 42.1 Å². The number of halogens is 1. The minimum absolute atomic E-state index is 0.191. The van der Waals surface area contributed by atoms with Gasteiger partial charge in [0.25, 0.3) is 0 Å². The fourth-order valence-corrected chi connectivity index (χ4v) is 3.00. The summed E-state index contributed by atoms with van der Waals surface area (Å²) < 4.78 is 15.1. The van der Waals surface area contributed by atoms with Crippen molar-refractivity contribution in [2.24, 2.45) is 0 Å². The van der Waals surface area contributed by atoms with Gasteiger partial charge in [0.2, 0.25) is 5.91 Å². The first kappa shape index (κ1) is 15.7. The Labute approximate surface area is 138 Å². The van der Waals surface area contributed by atoms with Crippen LogP contribution in [0.1, 0.15) is 24.6 Å². The Morgan fingerprint density at radius 2 is 2.30 bits per heavy atom. The molecule has 1 aliphatic carbocycles. The summed E-state index contributed by atoms with van der Waals surface area (Å²) in [7, 11) is 0. The van der Waals surface area contributed by atoms with Crippen LogP contribution < -0.4 is 5.32 Å². The van der Waals surface area contributed by atoms with Gasteiger partial charge in [0.05, 0.1) is 5.75 Å². The van der Waals surface area contributed by atoms with E-state index in [-0.39, 0.29) is 17.5 Å². The topological polar surface area (TPSA) is 59.8 Å². The van der Waals surface area contributed by atoms with Crippen molar-refractivity contribution in [1.29, 1.82) is 0 Å². The lowest BCUT2D eigenvalue weighted by molar-refractivity contribution is -0.113. The summed E-state index contributed by atoms with van der Waals surface area (Å²) in [6.45, 7) is 4.39. The van der Waals surface area contributed by atoms with Crippen molar-refractivity contribution in [1.82, 2.24) is 14.8 Å². The molecular weight excluding hydrogens is 315 g/mol. The number of benzene rings is 1. The zero-order valence-corrected chi connectivity index (χ0v) is 13.4. The fraction of sp³-hybridized carbons (Fsp3) is 0.312. The van der Waals surface area contributed by atoms with Crippen LogP contribution in [-0.2, 0) is 11.3 Å². The lowest BCUT2D eigenvalue weighted by atomic mass is 10.3. The predicted octanol–water partition coefficient (Wildman–Crippen LogP) is 3.21. The largest absolute Gasteiger partial charge is 0.325 e. The molecule has 0 spiro atoms. The summed E-state index contributed by atoms with van der Waals surface area (Å²) >= 11 is 1.32. The van der Waals surface area contributed by atoms with E-state index in [9.17, 15) is 9.18 Å². The Morgan fingerprint density at radius 1 is 1.48 bits per heavy atom. The van der Waals surface area contributed by atoms with E-state index < -0.39 is 0 Å². The van der Waals surface area contributed by atoms with Crippen LogP contribution in [0, 0.1) is 5.82 Å². The van der Waals surface area contributed by atoms with Gasteiger partial charge in [0.15, 0.2) is 5.16 Å². The van der Waals surface area contributed by atoms with Gasteiger partial charge in [-0.25, -0.2) is 4.39 Å². The SMILES string of the molecule is C=CCn1c(SCC(=O)Nc2cccc(F)c2)nnc1C1CC1. The summed E-state index contributed by atoms with van der Waals surface area (Å²) in [6, 6.07) is 5.83. The molecule has 5 nitrogen and oxygen atoms in total. The number of hydrogen-bond acceptors (Lipinski definition) is 4. The van der Waals surface area contributed by atoms with E-state index in [0.717, 1.165) is 18.7 Å². The Hall–Kier alpha value is -2.15. The van der Waals surface area contributed by atoms with Gasteiger partial charge in [-0.2, -0.15) is 0 Å². The van der Waals surface area contributed by atoms with Gasteiger partial charge in [-0.3, -0.25) is 4.79 Å². The van der Waals surface area contributed by atoms with Crippen LogP contribution in [0.5, 0.6) is 0 Å². The lowest BCUT2D eigenvalue weighted by Gasteiger charge is -2.07. The molecule has 1 saturated carbocycles. The number of carbonyl (C=O) groups excluding carboxylic acids is 1. The van der Waals surface area contributed by atoms with E-state index >= 15 is 0 Å². The molecule has 120 valence electrons. The normalized spacial score (nSPS) is 13.8. The van der Waals surface area contributed by atoms with Gasteiger partial charge >= 0.3 is 0 Å². The monoisotopic (exact) mass is 332 g/mol. The van der Waals surface area contributed by atoms with Gasteiger partial charge in [-0.05, 0) is 31.0 Å². The number of aromatic nitrogens is 3. The Bertz CT molecular complexity index is 727. The number of anilines is 1. The summed E-state index contributed by atoms with van der Waals surface area (Å²) in [5, 5.41) is 11.8. The first-order valence-electron chi connectivity index (χ1n) is 7.39. The molecule has 1 aliphatic rings. The van der Waals surface area contributed by atoms with Gasteiger partial charge in [0, 0.05) is 18.2 Å².